The zero-order valence-corrected chi connectivity index (χ0v) is 20.4. The highest BCUT2D eigenvalue weighted by atomic mass is 32.1. The van der Waals surface area contributed by atoms with E-state index in [9.17, 15) is 9.18 Å². The third-order valence-corrected chi connectivity index (χ3v) is 6.76. The molecule has 0 saturated heterocycles. The molecule has 0 amide bonds. The van der Waals surface area contributed by atoms with Crippen LogP contribution in [-0.4, -0.2) is 18.6 Å². The van der Waals surface area contributed by atoms with Gasteiger partial charge in [0.25, 0.3) is 0 Å². The summed E-state index contributed by atoms with van der Waals surface area (Å²) >= 11 is 1.37. The van der Waals surface area contributed by atoms with Gasteiger partial charge in [0.15, 0.2) is 0 Å². The molecule has 1 aromatic heterocycles. The number of benzene rings is 2. The van der Waals surface area contributed by atoms with Crippen molar-refractivity contribution in [3.8, 4) is 16.9 Å². The smallest absolute Gasteiger partial charge is 0.348 e. The van der Waals surface area contributed by atoms with Crippen molar-refractivity contribution in [2.24, 2.45) is 0 Å². The number of anilines is 1. The van der Waals surface area contributed by atoms with Gasteiger partial charge in [-0.15, -0.1) is 11.3 Å². The first-order valence-corrected chi connectivity index (χ1v) is 11.7. The SMILES string of the molecule is COc1ccc(CF)cc1-c1ccc2c(c1COC(=O)c1cc(C)cs1)C(C)=CC(C)(C)N2. The Morgan fingerprint density at radius 1 is 1.12 bits per heavy atom. The second-order valence-electron chi connectivity index (χ2n) is 8.92. The molecule has 0 atom stereocenters. The zero-order valence-electron chi connectivity index (χ0n) is 19.5. The maximum atomic E-state index is 13.5. The summed E-state index contributed by atoms with van der Waals surface area (Å²) in [6.45, 7) is 7.75. The molecule has 3 aromatic rings. The number of esters is 1. The lowest BCUT2D eigenvalue weighted by atomic mass is 9.85. The number of allylic oxidation sites excluding steroid dienone is 1. The molecule has 6 heteroatoms. The van der Waals surface area contributed by atoms with Gasteiger partial charge in [0.1, 0.15) is 23.9 Å². The summed E-state index contributed by atoms with van der Waals surface area (Å²) in [6.07, 6.45) is 2.17. The maximum absolute atomic E-state index is 13.5. The Balaban J connectivity index is 1.84. The van der Waals surface area contributed by atoms with Gasteiger partial charge in [-0.25, -0.2) is 9.18 Å². The predicted molar refractivity (Wildman–Crippen MR) is 133 cm³/mol. The van der Waals surface area contributed by atoms with E-state index in [0.717, 1.165) is 39.1 Å². The van der Waals surface area contributed by atoms with Gasteiger partial charge in [-0.2, -0.15) is 0 Å². The van der Waals surface area contributed by atoms with Gasteiger partial charge in [0.05, 0.1) is 12.6 Å². The molecule has 172 valence electrons. The van der Waals surface area contributed by atoms with Crippen molar-refractivity contribution >= 4 is 28.6 Å². The number of alkyl halides is 1. The molecular formula is C27H28FNO3S. The molecule has 1 N–H and O–H groups in total. The van der Waals surface area contributed by atoms with E-state index in [0.29, 0.717) is 16.2 Å². The minimum absolute atomic E-state index is 0.0879. The number of fused-ring (bicyclic) bond motifs is 1. The van der Waals surface area contributed by atoms with Crippen molar-refractivity contribution in [2.75, 3.05) is 12.4 Å². The Morgan fingerprint density at radius 3 is 2.58 bits per heavy atom. The number of halogens is 1. The number of carbonyl (C=O) groups excluding carboxylic acids is 1. The molecule has 1 aliphatic heterocycles. The van der Waals surface area contributed by atoms with Gasteiger partial charge in [-0.3, -0.25) is 0 Å². The summed E-state index contributed by atoms with van der Waals surface area (Å²) in [7, 11) is 1.60. The van der Waals surface area contributed by atoms with Crippen LogP contribution >= 0.6 is 11.3 Å². The molecule has 0 aliphatic carbocycles. The molecular weight excluding hydrogens is 437 g/mol. The first-order valence-electron chi connectivity index (χ1n) is 10.8. The van der Waals surface area contributed by atoms with Crippen molar-refractivity contribution in [3.05, 3.63) is 75.0 Å². The average Bonchev–Trinajstić information content (AvgIpc) is 3.22. The molecule has 1 aliphatic rings. The van der Waals surface area contributed by atoms with Gasteiger partial charge >= 0.3 is 5.97 Å². The lowest BCUT2D eigenvalue weighted by Gasteiger charge is -2.33. The number of rotatable bonds is 6. The molecule has 4 rings (SSSR count). The normalized spacial score (nSPS) is 14.2. The molecule has 0 unspecified atom stereocenters. The number of ether oxygens (including phenoxy) is 2. The largest absolute Gasteiger partial charge is 0.496 e. The lowest BCUT2D eigenvalue weighted by Crippen LogP contribution is -2.32. The van der Waals surface area contributed by atoms with Crippen LogP contribution in [0, 0.1) is 6.92 Å². The molecule has 0 saturated carbocycles. The molecule has 0 radical (unpaired) electrons. The topological polar surface area (TPSA) is 47.6 Å². The van der Waals surface area contributed by atoms with Crippen molar-refractivity contribution in [2.45, 2.75) is 46.5 Å². The average molecular weight is 466 g/mol. The fourth-order valence-electron chi connectivity index (χ4n) is 4.40. The Kier molecular flexibility index (Phi) is 6.30. The third-order valence-electron chi connectivity index (χ3n) is 5.73. The molecule has 4 nitrogen and oxygen atoms in total. The number of hydrogen-bond donors (Lipinski definition) is 1. The summed E-state index contributed by atoms with van der Waals surface area (Å²) < 4.78 is 24.9. The quantitative estimate of drug-likeness (QED) is 0.392. The first kappa shape index (κ1) is 23.1. The Bertz CT molecular complexity index is 1240. The molecule has 0 spiro atoms. The highest BCUT2D eigenvalue weighted by molar-refractivity contribution is 7.12. The summed E-state index contributed by atoms with van der Waals surface area (Å²) in [5.74, 6) is 0.284. The number of thiophene rings is 1. The van der Waals surface area contributed by atoms with Crippen molar-refractivity contribution in [3.63, 3.8) is 0 Å². The number of hydrogen-bond acceptors (Lipinski definition) is 5. The van der Waals surface area contributed by atoms with E-state index in [1.807, 2.05) is 30.5 Å². The number of nitrogens with one attached hydrogen (secondary N) is 1. The van der Waals surface area contributed by atoms with Gasteiger partial charge in [0.2, 0.25) is 0 Å². The molecule has 2 aromatic carbocycles. The van der Waals surface area contributed by atoms with Crippen LogP contribution < -0.4 is 10.1 Å². The molecule has 33 heavy (non-hydrogen) atoms. The zero-order chi connectivity index (χ0) is 23.8. The van der Waals surface area contributed by atoms with E-state index in [2.05, 4.69) is 32.2 Å². The van der Waals surface area contributed by atoms with E-state index < -0.39 is 6.67 Å². The van der Waals surface area contributed by atoms with Crippen LogP contribution in [0.4, 0.5) is 10.1 Å². The third kappa shape index (κ3) is 4.67. The second kappa shape index (κ2) is 9.02. The summed E-state index contributed by atoms with van der Waals surface area (Å²) in [6, 6.07) is 11.1. The van der Waals surface area contributed by atoms with Crippen LogP contribution in [0.2, 0.25) is 0 Å². The van der Waals surface area contributed by atoms with Crippen LogP contribution in [0.5, 0.6) is 5.75 Å². The van der Waals surface area contributed by atoms with E-state index in [4.69, 9.17) is 9.47 Å². The van der Waals surface area contributed by atoms with Crippen LogP contribution in [0.3, 0.4) is 0 Å². The molecule has 2 heterocycles. The first-order chi connectivity index (χ1) is 15.7. The Hall–Kier alpha value is -3.12. The minimum atomic E-state index is -0.571. The maximum Gasteiger partial charge on any atom is 0.348 e. The van der Waals surface area contributed by atoms with Crippen molar-refractivity contribution in [1.82, 2.24) is 0 Å². The second-order valence-corrected chi connectivity index (χ2v) is 9.83. The standard InChI is InChI=1S/C27H28FNO3S/c1-16-10-24(33-15-16)26(30)32-14-21-19(20-11-18(13-28)6-9-23(20)31-5)7-8-22-25(21)17(2)12-27(3,4)29-22/h6-12,15,29H,13-14H2,1-5H3. The predicted octanol–water partition coefficient (Wildman–Crippen LogP) is 7.17. The van der Waals surface area contributed by atoms with Gasteiger partial charge in [0, 0.05) is 22.4 Å². The van der Waals surface area contributed by atoms with Crippen LogP contribution in [0.1, 0.15) is 52.7 Å². The van der Waals surface area contributed by atoms with Crippen molar-refractivity contribution in [1.29, 1.82) is 0 Å². The van der Waals surface area contributed by atoms with Gasteiger partial charge < -0.3 is 14.8 Å². The molecule has 0 bridgehead atoms. The number of aryl methyl sites for hydroxylation is 1. The van der Waals surface area contributed by atoms with Gasteiger partial charge in [-0.05, 0) is 79.6 Å². The number of carbonyl (C=O) groups is 1. The highest BCUT2D eigenvalue weighted by Gasteiger charge is 2.27. The summed E-state index contributed by atoms with van der Waals surface area (Å²) in [4.78, 5) is 13.3. The van der Waals surface area contributed by atoms with E-state index in [1.54, 1.807) is 25.3 Å². The fraction of sp³-hybridized carbons (Fsp3) is 0.296. The summed E-state index contributed by atoms with van der Waals surface area (Å²) in [5, 5.41) is 5.48. The van der Waals surface area contributed by atoms with E-state index >= 15 is 0 Å². The minimum Gasteiger partial charge on any atom is -0.496 e. The van der Waals surface area contributed by atoms with Crippen LogP contribution in [-0.2, 0) is 18.0 Å². The number of methoxy groups -OCH3 is 1. The fourth-order valence-corrected chi connectivity index (χ4v) is 5.19. The lowest BCUT2D eigenvalue weighted by molar-refractivity contribution is 0.0479. The van der Waals surface area contributed by atoms with Crippen molar-refractivity contribution < 1.29 is 18.7 Å². The highest BCUT2D eigenvalue weighted by Crippen LogP contribution is 2.43. The summed E-state index contributed by atoms with van der Waals surface area (Å²) in [5.41, 5.74) is 6.94. The monoisotopic (exact) mass is 465 g/mol. The molecule has 0 fully saturated rings. The van der Waals surface area contributed by atoms with Gasteiger partial charge in [-0.1, -0.05) is 18.2 Å². The Labute approximate surface area is 198 Å². The van der Waals surface area contributed by atoms with E-state index in [-0.39, 0.29) is 18.1 Å². The Morgan fingerprint density at radius 2 is 1.91 bits per heavy atom. The van der Waals surface area contributed by atoms with Crippen LogP contribution in [0.15, 0.2) is 47.9 Å². The van der Waals surface area contributed by atoms with Crippen LogP contribution in [0.25, 0.3) is 16.7 Å². The van der Waals surface area contributed by atoms with E-state index in [1.165, 1.54) is 11.3 Å².